The predicted molar refractivity (Wildman–Crippen MR) is 56.4 cm³/mol. The molecule has 2 rings (SSSR count). The first-order chi connectivity index (χ1) is 8.10. The van der Waals surface area contributed by atoms with Crippen LogP contribution in [-0.2, 0) is 0 Å². The fourth-order valence-corrected chi connectivity index (χ4v) is 1.44. The number of benzene rings is 1. The average Bonchev–Trinajstić information content (AvgIpc) is 2.73. The number of hydrogen-bond donors (Lipinski definition) is 4. The molecule has 4 N–H and O–H groups in total. The zero-order valence-electron chi connectivity index (χ0n) is 8.54. The van der Waals surface area contributed by atoms with Crippen LogP contribution in [0.5, 0.6) is 5.75 Å². The number of phenolic OH excluding ortho intramolecular Hbond substituents is 1. The number of halogens is 2. The molecule has 1 aliphatic heterocycles. The van der Waals surface area contributed by atoms with Crippen LogP contribution in [-0.4, -0.2) is 22.8 Å². The lowest BCUT2D eigenvalue weighted by Gasteiger charge is -2.01. The van der Waals surface area contributed by atoms with E-state index < -0.39 is 17.4 Å². The lowest BCUT2D eigenvalue weighted by molar-refractivity contribution is 0.315. The second kappa shape index (κ2) is 4.28. The Hall–Kier alpha value is -2.31. The fourth-order valence-electron chi connectivity index (χ4n) is 1.44. The van der Waals surface area contributed by atoms with Crippen LogP contribution < -0.4 is 10.6 Å². The summed E-state index contributed by atoms with van der Waals surface area (Å²) in [6.45, 7) is 0.351. The van der Waals surface area contributed by atoms with E-state index in [9.17, 15) is 8.78 Å². The Morgan fingerprint density at radius 3 is 2.47 bits per heavy atom. The summed E-state index contributed by atoms with van der Waals surface area (Å²) in [6, 6.07) is 2.00. The summed E-state index contributed by atoms with van der Waals surface area (Å²) in [5, 5.41) is 25.7. The number of guanidine groups is 1. The van der Waals surface area contributed by atoms with Crippen molar-refractivity contribution in [2.45, 2.75) is 0 Å². The lowest BCUT2D eigenvalue weighted by atomic mass is 10.1. The Morgan fingerprint density at radius 1 is 1.29 bits per heavy atom. The standard InChI is InChI=1S/C10H9F2N3O2/c11-7-2-5(3-8(12)9(7)16)1-6-4-13-10(14-6)15-17/h1-3,16-17H,4H2,(H2,13,14,15). The Balaban J connectivity index is 2.28. The Morgan fingerprint density at radius 2 is 1.94 bits per heavy atom. The minimum Gasteiger partial charge on any atom is -0.503 e. The summed E-state index contributed by atoms with van der Waals surface area (Å²) in [7, 11) is 0. The van der Waals surface area contributed by atoms with Gasteiger partial charge in [0.05, 0.1) is 6.54 Å². The van der Waals surface area contributed by atoms with Crippen molar-refractivity contribution in [3.63, 3.8) is 0 Å². The lowest BCUT2D eigenvalue weighted by Crippen LogP contribution is -2.22. The molecule has 0 amide bonds. The van der Waals surface area contributed by atoms with Crippen molar-refractivity contribution in [2.24, 2.45) is 5.16 Å². The molecule has 7 heteroatoms. The van der Waals surface area contributed by atoms with E-state index in [-0.39, 0.29) is 11.5 Å². The van der Waals surface area contributed by atoms with Crippen LogP contribution in [0.2, 0.25) is 0 Å². The van der Waals surface area contributed by atoms with Crippen LogP contribution in [0, 0.1) is 11.6 Å². The molecule has 17 heavy (non-hydrogen) atoms. The van der Waals surface area contributed by atoms with E-state index in [2.05, 4.69) is 15.8 Å². The monoisotopic (exact) mass is 241 g/mol. The summed E-state index contributed by atoms with van der Waals surface area (Å²) < 4.78 is 26.1. The van der Waals surface area contributed by atoms with Crippen molar-refractivity contribution in [3.8, 4) is 5.75 Å². The van der Waals surface area contributed by atoms with Crippen LogP contribution in [0.1, 0.15) is 5.56 Å². The van der Waals surface area contributed by atoms with Gasteiger partial charge in [0, 0.05) is 5.70 Å². The maximum atomic E-state index is 13.0. The number of hydrogen-bond acceptors (Lipinski definition) is 3. The number of aromatic hydroxyl groups is 1. The van der Waals surface area contributed by atoms with E-state index in [1.165, 1.54) is 6.08 Å². The van der Waals surface area contributed by atoms with Crippen molar-refractivity contribution < 1.29 is 19.1 Å². The molecule has 1 saturated heterocycles. The van der Waals surface area contributed by atoms with Crippen LogP contribution in [0.3, 0.4) is 0 Å². The Bertz CT molecular complexity index is 491. The molecular weight excluding hydrogens is 232 g/mol. The van der Waals surface area contributed by atoms with Gasteiger partial charge in [-0.3, -0.25) is 0 Å². The molecular formula is C10H9F2N3O2. The molecule has 1 aromatic rings. The molecule has 1 heterocycles. The Labute approximate surface area is 95.1 Å². The van der Waals surface area contributed by atoms with E-state index in [4.69, 9.17) is 10.3 Å². The van der Waals surface area contributed by atoms with Gasteiger partial charge >= 0.3 is 0 Å². The first kappa shape index (κ1) is 11.2. The number of nitrogens with one attached hydrogen (secondary N) is 2. The number of nitrogens with zero attached hydrogens (tertiary/aromatic N) is 1. The normalized spacial score (nSPS) is 19.4. The van der Waals surface area contributed by atoms with Gasteiger partial charge in [-0.1, -0.05) is 5.16 Å². The largest absolute Gasteiger partial charge is 0.503 e. The van der Waals surface area contributed by atoms with Gasteiger partial charge in [-0.05, 0) is 23.8 Å². The van der Waals surface area contributed by atoms with Crippen LogP contribution >= 0.6 is 0 Å². The third-order valence-electron chi connectivity index (χ3n) is 2.21. The highest BCUT2D eigenvalue weighted by molar-refractivity contribution is 5.85. The summed E-state index contributed by atoms with van der Waals surface area (Å²) in [4.78, 5) is 0. The molecule has 0 bridgehead atoms. The van der Waals surface area contributed by atoms with Crippen LogP contribution in [0.15, 0.2) is 23.0 Å². The van der Waals surface area contributed by atoms with Crippen LogP contribution in [0.4, 0.5) is 8.78 Å². The molecule has 0 saturated carbocycles. The van der Waals surface area contributed by atoms with Gasteiger partial charge in [-0.2, -0.15) is 0 Å². The fraction of sp³-hybridized carbons (Fsp3) is 0.100. The zero-order valence-corrected chi connectivity index (χ0v) is 8.54. The smallest absolute Gasteiger partial charge is 0.237 e. The van der Waals surface area contributed by atoms with Crippen molar-refractivity contribution >= 4 is 12.0 Å². The summed E-state index contributed by atoms with van der Waals surface area (Å²) in [6.07, 6.45) is 1.47. The third-order valence-corrected chi connectivity index (χ3v) is 2.21. The molecule has 0 aromatic heterocycles. The maximum Gasteiger partial charge on any atom is 0.237 e. The average molecular weight is 241 g/mol. The quantitative estimate of drug-likeness (QED) is 0.436. The van der Waals surface area contributed by atoms with Crippen molar-refractivity contribution in [1.29, 1.82) is 0 Å². The van der Waals surface area contributed by atoms with Gasteiger partial charge in [-0.25, -0.2) is 8.78 Å². The number of phenols is 1. The molecule has 0 aliphatic carbocycles. The van der Waals surface area contributed by atoms with Crippen molar-refractivity contribution in [3.05, 3.63) is 35.0 Å². The highest BCUT2D eigenvalue weighted by Crippen LogP contribution is 2.22. The van der Waals surface area contributed by atoms with Crippen LogP contribution in [0.25, 0.3) is 6.08 Å². The molecule has 0 radical (unpaired) electrons. The highest BCUT2D eigenvalue weighted by atomic mass is 19.1. The van der Waals surface area contributed by atoms with E-state index in [0.29, 0.717) is 12.2 Å². The number of oxime groups is 1. The second-order valence-corrected chi connectivity index (χ2v) is 3.43. The van der Waals surface area contributed by atoms with Gasteiger partial charge in [0.2, 0.25) is 5.96 Å². The number of rotatable bonds is 1. The zero-order chi connectivity index (χ0) is 12.4. The minimum absolute atomic E-state index is 0.163. The van der Waals surface area contributed by atoms with E-state index in [1.54, 1.807) is 0 Å². The van der Waals surface area contributed by atoms with Gasteiger partial charge in [0.25, 0.3) is 0 Å². The molecule has 0 unspecified atom stereocenters. The SMILES string of the molecule is ON=C1NCC(=Cc2cc(F)c(O)c(F)c2)N1. The van der Waals surface area contributed by atoms with Gasteiger partial charge < -0.3 is 20.9 Å². The predicted octanol–water partition coefficient (Wildman–Crippen LogP) is 0.949. The topological polar surface area (TPSA) is 76.9 Å². The first-order valence-corrected chi connectivity index (χ1v) is 4.71. The van der Waals surface area contributed by atoms with E-state index in [0.717, 1.165) is 12.1 Å². The minimum atomic E-state index is -1.03. The molecule has 1 fully saturated rings. The van der Waals surface area contributed by atoms with Gasteiger partial charge in [0.1, 0.15) is 0 Å². The molecule has 5 nitrogen and oxygen atoms in total. The molecule has 0 spiro atoms. The highest BCUT2D eigenvalue weighted by Gasteiger charge is 2.13. The van der Waals surface area contributed by atoms with Gasteiger partial charge in [-0.15, -0.1) is 0 Å². The summed E-state index contributed by atoms with van der Waals surface area (Å²) >= 11 is 0. The first-order valence-electron chi connectivity index (χ1n) is 4.71. The summed E-state index contributed by atoms with van der Waals surface area (Å²) in [5.74, 6) is -2.89. The van der Waals surface area contributed by atoms with E-state index in [1.807, 2.05) is 0 Å². The Kier molecular flexibility index (Phi) is 2.82. The molecule has 0 atom stereocenters. The van der Waals surface area contributed by atoms with E-state index >= 15 is 0 Å². The molecule has 1 aromatic carbocycles. The third kappa shape index (κ3) is 2.27. The second-order valence-electron chi connectivity index (χ2n) is 3.43. The van der Waals surface area contributed by atoms with Crippen molar-refractivity contribution in [1.82, 2.24) is 10.6 Å². The molecule has 90 valence electrons. The molecule has 1 aliphatic rings. The summed E-state index contributed by atoms with van der Waals surface area (Å²) in [5.41, 5.74) is 0.837. The van der Waals surface area contributed by atoms with Crippen molar-refractivity contribution in [2.75, 3.05) is 6.54 Å². The maximum absolute atomic E-state index is 13.0. The van der Waals surface area contributed by atoms with Gasteiger partial charge in [0.15, 0.2) is 17.4 Å².